The molecule has 134 valence electrons. The van der Waals surface area contributed by atoms with Crippen molar-refractivity contribution in [3.05, 3.63) is 69.3 Å². The molecule has 1 aromatic heterocycles. The Morgan fingerprint density at radius 3 is 2.88 bits per heavy atom. The highest BCUT2D eigenvalue weighted by molar-refractivity contribution is 9.10. The molecule has 3 aromatic rings. The average molecular weight is 418 g/mol. The first kappa shape index (κ1) is 17.2. The summed E-state index contributed by atoms with van der Waals surface area (Å²) in [4.78, 5) is 12.8. The fourth-order valence-corrected chi connectivity index (χ4v) is 3.37. The summed E-state index contributed by atoms with van der Waals surface area (Å²) in [6, 6.07) is 11.8. The molecular weight excluding hydrogens is 401 g/mol. The van der Waals surface area contributed by atoms with E-state index in [1.807, 2.05) is 12.1 Å². The zero-order chi connectivity index (χ0) is 18.1. The molecule has 6 heteroatoms. The zero-order valence-corrected chi connectivity index (χ0v) is 15.5. The SMILES string of the molecule is O=c1c2ccc(OCC3CCCO3)cc2ccn1-c1ccc(Br)c(F)c1. The van der Waals surface area contributed by atoms with E-state index in [9.17, 15) is 9.18 Å². The second-order valence-electron chi connectivity index (χ2n) is 6.28. The third-order valence-corrected chi connectivity index (χ3v) is 5.16. The Hall–Kier alpha value is -2.18. The highest BCUT2D eigenvalue weighted by atomic mass is 79.9. The van der Waals surface area contributed by atoms with Crippen LogP contribution in [0.15, 0.2) is 57.9 Å². The molecular formula is C20H17BrFNO3. The van der Waals surface area contributed by atoms with Gasteiger partial charge in [0.2, 0.25) is 0 Å². The zero-order valence-electron chi connectivity index (χ0n) is 14.0. The van der Waals surface area contributed by atoms with E-state index in [4.69, 9.17) is 9.47 Å². The number of fused-ring (bicyclic) bond motifs is 1. The molecule has 0 bridgehead atoms. The molecule has 0 saturated carbocycles. The molecule has 1 saturated heterocycles. The summed E-state index contributed by atoms with van der Waals surface area (Å²) in [5.74, 6) is 0.298. The predicted octanol–water partition coefficient (Wildman–Crippen LogP) is 4.45. The van der Waals surface area contributed by atoms with Gasteiger partial charge in [0, 0.05) is 18.2 Å². The van der Waals surface area contributed by atoms with E-state index in [0.717, 1.165) is 24.8 Å². The van der Waals surface area contributed by atoms with Crippen molar-refractivity contribution >= 4 is 26.7 Å². The summed E-state index contributed by atoms with van der Waals surface area (Å²) in [5.41, 5.74) is 0.284. The number of nitrogens with zero attached hydrogens (tertiary/aromatic N) is 1. The first-order valence-electron chi connectivity index (χ1n) is 8.47. The predicted molar refractivity (Wildman–Crippen MR) is 102 cm³/mol. The van der Waals surface area contributed by atoms with Crippen molar-refractivity contribution in [3.63, 3.8) is 0 Å². The summed E-state index contributed by atoms with van der Waals surface area (Å²) in [6.07, 6.45) is 3.88. The van der Waals surface area contributed by atoms with Crippen molar-refractivity contribution in [1.82, 2.24) is 4.57 Å². The number of hydrogen-bond acceptors (Lipinski definition) is 3. The monoisotopic (exact) mass is 417 g/mol. The van der Waals surface area contributed by atoms with Gasteiger partial charge in [0.25, 0.3) is 5.56 Å². The van der Waals surface area contributed by atoms with E-state index in [2.05, 4.69) is 15.9 Å². The van der Waals surface area contributed by atoms with Gasteiger partial charge in [-0.2, -0.15) is 0 Å². The van der Waals surface area contributed by atoms with Crippen LogP contribution >= 0.6 is 15.9 Å². The van der Waals surface area contributed by atoms with Gasteiger partial charge in [-0.05, 0) is 76.6 Å². The summed E-state index contributed by atoms with van der Waals surface area (Å²) < 4.78 is 26.9. The number of benzene rings is 2. The molecule has 2 aromatic carbocycles. The molecule has 0 amide bonds. The highest BCUT2D eigenvalue weighted by Crippen LogP contribution is 2.22. The van der Waals surface area contributed by atoms with Gasteiger partial charge in [-0.3, -0.25) is 9.36 Å². The minimum atomic E-state index is -0.410. The minimum absolute atomic E-state index is 0.144. The van der Waals surface area contributed by atoms with Crippen LogP contribution in [-0.4, -0.2) is 23.9 Å². The van der Waals surface area contributed by atoms with Crippen molar-refractivity contribution in [2.45, 2.75) is 18.9 Å². The lowest BCUT2D eigenvalue weighted by Gasteiger charge is -2.12. The van der Waals surface area contributed by atoms with Crippen molar-refractivity contribution in [2.24, 2.45) is 0 Å². The molecule has 2 heterocycles. The normalized spacial score (nSPS) is 16.9. The Morgan fingerprint density at radius 2 is 2.12 bits per heavy atom. The maximum Gasteiger partial charge on any atom is 0.262 e. The lowest BCUT2D eigenvalue weighted by Crippen LogP contribution is -2.18. The van der Waals surface area contributed by atoms with Gasteiger partial charge in [0.15, 0.2) is 0 Å². The van der Waals surface area contributed by atoms with Crippen molar-refractivity contribution in [1.29, 1.82) is 0 Å². The average Bonchev–Trinajstić information content (AvgIpc) is 3.16. The molecule has 26 heavy (non-hydrogen) atoms. The molecule has 1 atom stereocenters. The minimum Gasteiger partial charge on any atom is -0.491 e. The van der Waals surface area contributed by atoms with E-state index >= 15 is 0 Å². The Morgan fingerprint density at radius 1 is 1.23 bits per heavy atom. The van der Waals surface area contributed by atoms with Gasteiger partial charge in [-0.1, -0.05) is 0 Å². The number of aromatic nitrogens is 1. The van der Waals surface area contributed by atoms with Crippen LogP contribution in [-0.2, 0) is 4.74 Å². The largest absolute Gasteiger partial charge is 0.491 e. The summed E-state index contributed by atoms with van der Waals surface area (Å²) in [7, 11) is 0. The van der Waals surface area contributed by atoms with Crippen molar-refractivity contribution in [2.75, 3.05) is 13.2 Å². The lowest BCUT2D eigenvalue weighted by atomic mass is 10.1. The fourth-order valence-electron chi connectivity index (χ4n) is 3.12. The van der Waals surface area contributed by atoms with Crippen LogP contribution in [0.4, 0.5) is 4.39 Å². The molecule has 0 radical (unpaired) electrons. The van der Waals surface area contributed by atoms with Gasteiger partial charge in [-0.25, -0.2) is 4.39 Å². The van der Waals surface area contributed by atoms with Crippen LogP contribution in [0.1, 0.15) is 12.8 Å². The molecule has 1 unspecified atom stereocenters. The molecule has 4 nitrogen and oxygen atoms in total. The second-order valence-corrected chi connectivity index (χ2v) is 7.14. The third-order valence-electron chi connectivity index (χ3n) is 4.52. The first-order valence-corrected chi connectivity index (χ1v) is 9.26. The molecule has 1 fully saturated rings. The van der Waals surface area contributed by atoms with E-state index in [1.165, 1.54) is 10.6 Å². The summed E-state index contributed by atoms with van der Waals surface area (Å²) in [6.45, 7) is 1.31. The Bertz CT molecular complexity index is 1010. The Labute approximate surface area is 158 Å². The van der Waals surface area contributed by atoms with Gasteiger partial charge < -0.3 is 9.47 Å². The molecule has 0 N–H and O–H groups in total. The topological polar surface area (TPSA) is 40.5 Å². The van der Waals surface area contributed by atoms with E-state index in [0.29, 0.717) is 27.9 Å². The third kappa shape index (κ3) is 3.39. The van der Waals surface area contributed by atoms with Gasteiger partial charge in [0.05, 0.1) is 16.3 Å². The maximum absolute atomic E-state index is 13.8. The van der Waals surface area contributed by atoms with Crippen molar-refractivity contribution in [3.8, 4) is 11.4 Å². The van der Waals surface area contributed by atoms with Gasteiger partial charge in [0.1, 0.15) is 18.2 Å². The van der Waals surface area contributed by atoms with Crippen LogP contribution in [0.25, 0.3) is 16.5 Å². The highest BCUT2D eigenvalue weighted by Gasteiger charge is 2.16. The van der Waals surface area contributed by atoms with Gasteiger partial charge >= 0.3 is 0 Å². The number of ether oxygens (including phenoxy) is 2. The first-order chi connectivity index (χ1) is 12.6. The smallest absolute Gasteiger partial charge is 0.262 e. The second kappa shape index (κ2) is 7.21. The lowest BCUT2D eigenvalue weighted by molar-refractivity contribution is 0.0680. The summed E-state index contributed by atoms with van der Waals surface area (Å²) >= 11 is 3.12. The molecule has 1 aliphatic heterocycles. The van der Waals surface area contributed by atoms with E-state index < -0.39 is 5.82 Å². The Balaban J connectivity index is 1.64. The fraction of sp³-hybridized carbons (Fsp3) is 0.250. The van der Waals surface area contributed by atoms with Crippen LogP contribution in [0.3, 0.4) is 0 Å². The number of pyridine rings is 1. The number of halogens is 2. The standard InChI is InChI=1S/C20H17BrFNO3/c21-18-6-3-14(11-19(18)22)23-8-7-13-10-15(4-5-17(13)20(23)24)26-12-16-2-1-9-25-16/h3-8,10-11,16H,1-2,9,12H2. The van der Waals surface area contributed by atoms with Crippen LogP contribution in [0, 0.1) is 5.82 Å². The quantitative estimate of drug-likeness (QED) is 0.629. The van der Waals surface area contributed by atoms with Gasteiger partial charge in [-0.15, -0.1) is 0 Å². The molecule has 0 spiro atoms. The number of rotatable bonds is 4. The van der Waals surface area contributed by atoms with Crippen LogP contribution in [0.5, 0.6) is 5.75 Å². The summed E-state index contributed by atoms with van der Waals surface area (Å²) in [5, 5.41) is 1.34. The van der Waals surface area contributed by atoms with E-state index in [1.54, 1.807) is 30.5 Å². The van der Waals surface area contributed by atoms with Crippen molar-refractivity contribution < 1.29 is 13.9 Å². The van der Waals surface area contributed by atoms with Crippen LogP contribution < -0.4 is 10.3 Å². The maximum atomic E-state index is 13.8. The molecule has 4 rings (SSSR count). The number of hydrogen-bond donors (Lipinski definition) is 0. The van der Waals surface area contributed by atoms with Crippen LogP contribution in [0.2, 0.25) is 0 Å². The molecule has 1 aliphatic rings. The molecule has 0 aliphatic carbocycles. The van der Waals surface area contributed by atoms with E-state index in [-0.39, 0.29) is 11.7 Å². The Kier molecular flexibility index (Phi) is 4.78.